The normalized spacial score (nSPS) is 11.6. The summed E-state index contributed by atoms with van der Waals surface area (Å²) in [4.78, 5) is 11.7. The van der Waals surface area contributed by atoms with Crippen molar-refractivity contribution in [1.82, 2.24) is 4.31 Å². The number of hydrogen-bond donors (Lipinski definition) is 0. The van der Waals surface area contributed by atoms with Crippen LogP contribution in [-0.2, 0) is 21.3 Å². The number of sulfonamides is 1. The molecule has 0 amide bonds. The molecular weight excluding hydrogens is 306 g/mol. The van der Waals surface area contributed by atoms with Crippen LogP contribution in [0, 0.1) is 6.92 Å². The zero-order chi connectivity index (χ0) is 16.3. The highest BCUT2D eigenvalue weighted by Gasteiger charge is 2.23. The highest BCUT2D eigenvalue weighted by Crippen LogP contribution is 2.21. The molecule has 0 fully saturated rings. The molecule has 0 atom stereocenters. The molecule has 0 saturated carbocycles. The maximum Gasteiger partial charge on any atom is 0.338 e. The summed E-state index contributed by atoms with van der Waals surface area (Å²) >= 11 is 0. The smallest absolute Gasteiger partial charge is 0.338 e. The molecule has 7 heteroatoms. The number of rotatable bonds is 5. The van der Waals surface area contributed by atoms with E-state index in [-0.39, 0.29) is 17.0 Å². The van der Waals surface area contributed by atoms with E-state index in [4.69, 9.17) is 4.42 Å². The van der Waals surface area contributed by atoms with E-state index in [1.54, 1.807) is 25.1 Å². The Morgan fingerprint density at radius 1 is 1.32 bits per heavy atom. The van der Waals surface area contributed by atoms with Crippen molar-refractivity contribution in [1.29, 1.82) is 0 Å². The second kappa shape index (κ2) is 6.33. The second-order valence-electron chi connectivity index (χ2n) is 4.81. The van der Waals surface area contributed by atoms with E-state index in [9.17, 15) is 13.2 Å². The fourth-order valence-corrected chi connectivity index (χ4v) is 3.14. The minimum Gasteiger partial charge on any atom is -0.468 e. The number of furan rings is 1. The fourth-order valence-electron chi connectivity index (χ4n) is 1.98. The van der Waals surface area contributed by atoms with Gasteiger partial charge in [-0.15, -0.1) is 0 Å². The summed E-state index contributed by atoms with van der Waals surface area (Å²) in [6.45, 7) is 1.83. The van der Waals surface area contributed by atoms with Crippen LogP contribution in [0.4, 0.5) is 0 Å². The number of ether oxygens (including phenoxy) is 1. The van der Waals surface area contributed by atoms with Crippen LogP contribution >= 0.6 is 0 Å². The van der Waals surface area contributed by atoms with E-state index in [0.29, 0.717) is 11.3 Å². The third kappa shape index (κ3) is 3.20. The molecule has 0 bridgehead atoms. The molecule has 0 unspecified atom stereocenters. The van der Waals surface area contributed by atoms with Crippen LogP contribution < -0.4 is 0 Å². The van der Waals surface area contributed by atoms with Crippen molar-refractivity contribution in [2.24, 2.45) is 0 Å². The second-order valence-corrected chi connectivity index (χ2v) is 6.85. The molecule has 1 aromatic heterocycles. The molecule has 118 valence electrons. The average Bonchev–Trinajstić information content (AvgIpc) is 2.99. The van der Waals surface area contributed by atoms with Crippen molar-refractivity contribution in [3.63, 3.8) is 0 Å². The Kier molecular flexibility index (Phi) is 4.68. The number of aryl methyl sites for hydroxylation is 1. The highest BCUT2D eigenvalue weighted by molar-refractivity contribution is 7.89. The van der Waals surface area contributed by atoms with E-state index in [0.717, 1.165) is 4.31 Å². The third-order valence-electron chi connectivity index (χ3n) is 3.28. The van der Waals surface area contributed by atoms with Gasteiger partial charge in [0, 0.05) is 7.05 Å². The van der Waals surface area contributed by atoms with Gasteiger partial charge in [-0.25, -0.2) is 13.2 Å². The Morgan fingerprint density at radius 3 is 2.64 bits per heavy atom. The molecular formula is C15H17NO5S. The third-order valence-corrected chi connectivity index (χ3v) is 5.08. The van der Waals surface area contributed by atoms with Crippen molar-refractivity contribution in [2.75, 3.05) is 14.2 Å². The van der Waals surface area contributed by atoms with Gasteiger partial charge in [0.05, 0.1) is 30.4 Å². The summed E-state index contributed by atoms with van der Waals surface area (Å²) in [5, 5.41) is 0. The van der Waals surface area contributed by atoms with Gasteiger partial charge in [0.2, 0.25) is 10.0 Å². The first-order valence-corrected chi connectivity index (χ1v) is 7.98. The predicted octanol–water partition coefficient (Wildman–Crippen LogP) is 2.20. The largest absolute Gasteiger partial charge is 0.468 e. The lowest BCUT2D eigenvalue weighted by Crippen LogP contribution is -2.26. The molecule has 22 heavy (non-hydrogen) atoms. The van der Waals surface area contributed by atoms with E-state index >= 15 is 0 Å². The zero-order valence-corrected chi connectivity index (χ0v) is 13.4. The lowest BCUT2D eigenvalue weighted by Gasteiger charge is -2.17. The average molecular weight is 323 g/mol. The Balaban J connectivity index is 2.35. The van der Waals surface area contributed by atoms with E-state index in [2.05, 4.69) is 4.74 Å². The van der Waals surface area contributed by atoms with Crippen molar-refractivity contribution < 1.29 is 22.4 Å². The molecule has 0 aliphatic rings. The molecule has 6 nitrogen and oxygen atoms in total. The van der Waals surface area contributed by atoms with Crippen LogP contribution in [0.5, 0.6) is 0 Å². The highest BCUT2D eigenvalue weighted by atomic mass is 32.2. The minimum absolute atomic E-state index is 0.0348. The van der Waals surface area contributed by atoms with Crippen molar-refractivity contribution in [2.45, 2.75) is 18.4 Å². The van der Waals surface area contributed by atoms with Gasteiger partial charge >= 0.3 is 5.97 Å². The number of hydrogen-bond acceptors (Lipinski definition) is 5. The predicted molar refractivity (Wildman–Crippen MR) is 79.9 cm³/mol. The molecule has 0 N–H and O–H groups in total. The first kappa shape index (κ1) is 16.3. The van der Waals surface area contributed by atoms with Gasteiger partial charge in [-0.1, -0.05) is 6.07 Å². The molecule has 0 aliphatic heterocycles. The quantitative estimate of drug-likeness (QED) is 0.788. The van der Waals surface area contributed by atoms with Crippen LogP contribution in [0.3, 0.4) is 0 Å². The Bertz CT molecular complexity index is 765. The summed E-state index contributed by atoms with van der Waals surface area (Å²) in [5.41, 5.74) is 0.884. The molecule has 1 aromatic carbocycles. The number of nitrogens with zero attached hydrogens (tertiary/aromatic N) is 1. The van der Waals surface area contributed by atoms with Gasteiger partial charge in [0.15, 0.2) is 0 Å². The molecule has 0 saturated heterocycles. The molecule has 2 aromatic rings. The first-order chi connectivity index (χ1) is 10.4. The number of methoxy groups -OCH3 is 1. The maximum absolute atomic E-state index is 12.6. The van der Waals surface area contributed by atoms with Crippen LogP contribution in [0.2, 0.25) is 0 Å². The molecule has 1 heterocycles. The Hall–Kier alpha value is -2.12. The van der Waals surface area contributed by atoms with Crippen LogP contribution in [0.1, 0.15) is 21.7 Å². The van der Waals surface area contributed by atoms with Crippen LogP contribution in [0.15, 0.2) is 45.9 Å². The van der Waals surface area contributed by atoms with Gasteiger partial charge in [-0.2, -0.15) is 4.31 Å². The SMILES string of the molecule is COC(=O)c1cc(S(=O)(=O)N(C)Cc2ccco2)ccc1C. The van der Waals surface area contributed by atoms with Gasteiger partial charge in [-0.3, -0.25) is 0 Å². The number of esters is 1. The summed E-state index contributed by atoms with van der Waals surface area (Å²) < 4.78 is 36.1. The Labute approximate surface area is 129 Å². The van der Waals surface area contributed by atoms with E-state index in [1.165, 1.54) is 32.6 Å². The topological polar surface area (TPSA) is 76.8 Å². The van der Waals surface area contributed by atoms with E-state index in [1.807, 2.05) is 0 Å². The van der Waals surface area contributed by atoms with E-state index < -0.39 is 16.0 Å². The maximum atomic E-state index is 12.6. The van der Waals surface area contributed by atoms with Gasteiger partial charge in [-0.05, 0) is 36.8 Å². The number of carbonyl (C=O) groups is 1. The lowest BCUT2D eigenvalue weighted by atomic mass is 10.1. The summed E-state index contributed by atoms with van der Waals surface area (Å²) in [6, 6.07) is 7.77. The standard InChI is InChI=1S/C15H17NO5S/c1-11-6-7-13(9-14(11)15(17)20-3)22(18,19)16(2)10-12-5-4-8-21-12/h4-9H,10H2,1-3H3. The molecule has 0 spiro atoms. The van der Waals surface area contributed by atoms with Crippen LogP contribution in [-0.4, -0.2) is 32.8 Å². The molecule has 2 rings (SSSR count). The van der Waals surface area contributed by atoms with Crippen LogP contribution in [0.25, 0.3) is 0 Å². The summed E-state index contributed by atoms with van der Waals surface area (Å²) in [5.74, 6) is -0.0328. The minimum atomic E-state index is -3.73. The van der Waals surface area contributed by atoms with Gasteiger partial charge in [0.25, 0.3) is 0 Å². The van der Waals surface area contributed by atoms with Crippen molar-refractivity contribution in [3.05, 3.63) is 53.5 Å². The summed E-state index contributed by atoms with van der Waals surface area (Å²) in [7, 11) is -1.02. The fraction of sp³-hybridized carbons (Fsp3) is 0.267. The Morgan fingerprint density at radius 2 is 2.05 bits per heavy atom. The van der Waals surface area contributed by atoms with Crippen molar-refractivity contribution >= 4 is 16.0 Å². The number of benzene rings is 1. The van der Waals surface area contributed by atoms with Crippen molar-refractivity contribution in [3.8, 4) is 0 Å². The first-order valence-electron chi connectivity index (χ1n) is 6.54. The monoisotopic (exact) mass is 323 g/mol. The zero-order valence-electron chi connectivity index (χ0n) is 12.6. The molecule has 0 aliphatic carbocycles. The number of carbonyl (C=O) groups excluding carboxylic acids is 1. The van der Waals surface area contributed by atoms with Gasteiger partial charge in [0.1, 0.15) is 5.76 Å². The van der Waals surface area contributed by atoms with Gasteiger partial charge < -0.3 is 9.15 Å². The lowest BCUT2D eigenvalue weighted by molar-refractivity contribution is 0.0599. The summed E-state index contributed by atoms with van der Waals surface area (Å²) in [6.07, 6.45) is 1.48. The molecule has 0 radical (unpaired) electrons.